The van der Waals surface area contributed by atoms with Crippen molar-refractivity contribution < 1.29 is 0 Å². The summed E-state index contributed by atoms with van der Waals surface area (Å²) in [4.78, 5) is 28.7. The maximum Gasteiger partial charge on any atom is 0.327 e. The first kappa shape index (κ1) is 16.4. The predicted molar refractivity (Wildman–Crippen MR) is 99.1 cm³/mol. The molecule has 0 atom stereocenters. The largest absolute Gasteiger partial charge is 0.382 e. The lowest BCUT2D eigenvalue weighted by Gasteiger charge is -2.16. The predicted octanol–water partition coefficient (Wildman–Crippen LogP) is 2.36. The molecule has 0 aromatic carbocycles. The third-order valence-corrected chi connectivity index (χ3v) is 4.93. The molecule has 0 spiro atoms. The standard InChI is InChI=1S/C18H21N7O/c19-15(20)13-14-17(24-16(22-13)11-6-5-9-21-10-11)25(18(26)23-14)12-7-3-1-2-4-8-12/h5-6,9-10,12H,1-4,7-8H2,(H3,19,20)(H,23,26). The molecule has 1 fully saturated rings. The summed E-state index contributed by atoms with van der Waals surface area (Å²) in [7, 11) is 0. The number of nitrogens with zero attached hydrogens (tertiary/aromatic N) is 4. The second kappa shape index (κ2) is 6.70. The molecule has 0 aliphatic heterocycles. The first-order chi connectivity index (χ1) is 12.6. The van der Waals surface area contributed by atoms with Gasteiger partial charge in [-0.2, -0.15) is 0 Å². The summed E-state index contributed by atoms with van der Waals surface area (Å²) in [6.07, 6.45) is 9.83. The van der Waals surface area contributed by atoms with E-state index in [-0.39, 0.29) is 23.3 Å². The quantitative estimate of drug-likeness (QED) is 0.379. The average Bonchev–Trinajstić information content (AvgIpc) is 2.82. The summed E-state index contributed by atoms with van der Waals surface area (Å²) in [5.74, 6) is 0.217. The molecule has 8 nitrogen and oxygen atoms in total. The Balaban J connectivity index is 1.95. The zero-order valence-electron chi connectivity index (χ0n) is 14.4. The van der Waals surface area contributed by atoms with Gasteiger partial charge in [-0.05, 0) is 25.0 Å². The van der Waals surface area contributed by atoms with Crippen molar-refractivity contribution in [1.82, 2.24) is 24.5 Å². The molecule has 0 radical (unpaired) electrons. The van der Waals surface area contributed by atoms with Crippen molar-refractivity contribution in [3.63, 3.8) is 0 Å². The molecule has 134 valence electrons. The molecule has 0 bridgehead atoms. The highest BCUT2D eigenvalue weighted by molar-refractivity contribution is 6.03. The molecule has 0 saturated heterocycles. The van der Waals surface area contributed by atoms with Gasteiger partial charge in [-0.25, -0.2) is 14.8 Å². The number of aromatic nitrogens is 5. The van der Waals surface area contributed by atoms with E-state index in [1.54, 1.807) is 23.0 Å². The summed E-state index contributed by atoms with van der Waals surface area (Å²) in [5, 5.41) is 7.88. The number of nitrogens with one attached hydrogen (secondary N) is 2. The van der Waals surface area contributed by atoms with E-state index in [1.807, 2.05) is 6.07 Å². The smallest absolute Gasteiger partial charge is 0.327 e. The van der Waals surface area contributed by atoms with Crippen LogP contribution in [0.15, 0.2) is 29.3 Å². The summed E-state index contributed by atoms with van der Waals surface area (Å²) in [5.41, 5.74) is 7.43. The van der Waals surface area contributed by atoms with Crippen LogP contribution in [0.2, 0.25) is 0 Å². The Morgan fingerprint density at radius 2 is 2.00 bits per heavy atom. The Morgan fingerprint density at radius 1 is 1.23 bits per heavy atom. The van der Waals surface area contributed by atoms with Crippen LogP contribution in [-0.4, -0.2) is 30.3 Å². The minimum absolute atomic E-state index is 0.107. The van der Waals surface area contributed by atoms with Crippen molar-refractivity contribution in [2.75, 3.05) is 0 Å². The number of fused-ring (bicyclic) bond motifs is 1. The lowest BCUT2D eigenvalue weighted by Crippen LogP contribution is -2.22. The Hall–Kier alpha value is -3.03. The second-order valence-corrected chi connectivity index (χ2v) is 6.70. The molecule has 3 aromatic heterocycles. The number of amidine groups is 1. The average molecular weight is 351 g/mol. The van der Waals surface area contributed by atoms with Gasteiger partial charge in [0.05, 0.1) is 0 Å². The molecule has 3 heterocycles. The fourth-order valence-corrected chi connectivity index (χ4v) is 3.68. The van der Waals surface area contributed by atoms with Crippen LogP contribution in [0, 0.1) is 5.41 Å². The molecule has 8 heteroatoms. The number of hydrogen-bond donors (Lipinski definition) is 3. The summed E-state index contributed by atoms with van der Waals surface area (Å²) in [6.45, 7) is 0. The van der Waals surface area contributed by atoms with Crippen molar-refractivity contribution in [3.8, 4) is 11.4 Å². The molecule has 1 saturated carbocycles. The van der Waals surface area contributed by atoms with Crippen molar-refractivity contribution in [2.45, 2.75) is 44.6 Å². The molecule has 26 heavy (non-hydrogen) atoms. The van der Waals surface area contributed by atoms with Crippen molar-refractivity contribution in [1.29, 1.82) is 5.41 Å². The van der Waals surface area contributed by atoms with E-state index in [0.717, 1.165) is 31.2 Å². The van der Waals surface area contributed by atoms with Gasteiger partial charge in [0.15, 0.2) is 11.5 Å². The van der Waals surface area contributed by atoms with Crippen molar-refractivity contribution in [2.24, 2.45) is 5.73 Å². The highest BCUT2D eigenvalue weighted by atomic mass is 16.1. The van der Waals surface area contributed by atoms with Gasteiger partial charge in [0.2, 0.25) is 0 Å². The molecule has 1 aliphatic rings. The summed E-state index contributed by atoms with van der Waals surface area (Å²) in [6, 6.07) is 3.75. The zero-order chi connectivity index (χ0) is 18.1. The van der Waals surface area contributed by atoms with Gasteiger partial charge in [0, 0.05) is 24.0 Å². The number of rotatable bonds is 3. The first-order valence-electron chi connectivity index (χ1n) is 8.92. The number of nitrogen functional groups attached to an aromatic ring is 1. The number of nitrogens with two attached hydrogens (primary N) is 1. The fraction of sp³-hybridized carbons (Fsp3) is 0.389. The van der Waals surface area contributed by atoms with Crippen LogP contribution in [-0.2, 0) is 0 Å². The maximum absolute atomic E-state index is 12.7. The van der Waals surface area contributed by atoms with Gasteiger partial charge in [-0.15, -0.1) is 0 Å². The Morgan fingerprint density at radius 3 is 2.65 bits per heavy atom. The lowest BCUT2D eigenvalue weighted by molar-refractivity contribution is 0.441. The monoisotopic (exact) mass is 351 g/mol. The summed E-state index contributed by atoms with van der Waals surface area (Å²) >= 11 is 0. The van der Waals surface area contributed by atoms with Gasteiger partial charge < -0.3 is 10.7 Å². The van der Waals surface area contributed by atoms with Crippen molar-refractivity contribution in [3.05, 3.63) is 40.7 Å². The maximum atomic E-state index is 12.7. The Labute approximate surface area is 150 Å². The molecule has 4 N–H and O–H groups in total. The van der Waals surface area contributed by atoms with Crippen molar-refractivity contribution >= 4 is 17.0 Å². The zero-order valence-corrected chi connectivity index (χ0v) is 14.4. The van der Waals surface area contributed by atoms with E-state index in [0.29, 0.717) is 17.0 Å². The summed E-state index contributed by atoms with van der Waals surface area (Å²) < 4.78 is 1.73. The number of H-pyrrole nitrogens is 1. The Bertz CT molecular complexity index is 998. The molecule has 3 aromatic rings. The van der Waals surface area contributed by atoms with E-state index >= 15 is 0 Å². The third kappa shape index (κ3) is 2.87. The molecule has 0 unspecified atom stereocenters. The number of pyridine rings is 1. The highest BCUT2D eigenvalue weighted by Gasteiger charge is 2.23. The molecular weight excluding hydrogens is 330 g/mol. The van der Waals surface area contributed by atoms with Crippen LogP contribution in [0.5, 0.6) is 0 Å². The molecule has 0 amide bonds. The van der Waals surface area contributed by atoms with E-state index in [1.165, 1.54) is 12.8 Å². The van der Waals surface area contributed by atoms with Crippen LogP contribution in [0.4, 0.5) is 0 Å². The Kier molecular flexibility index (Phi) is 4.24. The topological polar surface area (TPSA) is 126 Å². The van der Waals surface area contributed by atoms with Crippen LogP contribution in [0.1, 0.15) is 50.3 Å². The SMILES string of the molecule is N=C(N)c1nc(-c2cccnc2)nc2c1[nH]c(=O)n2C1CCCCCC1. The van der Waals surface area contributed by atoms with Crippen LogP contribution in [0.25, 0.3) is 22.6 Å². The highest BCUT2D eigenvalue weighted by Crippen LogP contribution is 2.29. The number of hydrogen-bond acceptors (Lipinski definition) is 5. The minimum Gasteiger partial charge on any atom is -0.382 e. The molecule has 4 rings (SSSR count). The van der Waals surface area contributed by atoms with Gasteiger partial charge >= 0.3 is 5.69 Å². The fourth-order valence-electron chi connectivity index (χ4n) is 3.68. The normalized spacial score (nSPS) is 15.8. The number of imidazole rings is 1. The molecule has 1 aliphatic carbocycles. The molecular formula is C18H21N7O. The lowest BCUT2D eigenvalue weighted by atomic mass is 10.1. The minimum atomic E-state index is -0.216. The second-order valence-electron chi connectivity index (χ2n) is 6.70. The number of aromatic amines is 1. The van der Waals surface area contributed by atoms with Crippen LogP contribution < -0.4 is 11.4 Å². The van der Waals surface area contributed by atoms with Gasteiger partial charge in [-0.1, -0.05) is 25.7 Å². The van der Waals surface area contributed by atoms with Gasteiger partial charge in [0.25, 0.3) is 0 Å². The van der Waals surface area contributed by atoms with E-state index in [2.05, 4.69) is 19.9 Å². The van der Waals surface area contributed by atoms with Gasteiger partial charge in [-0.3, -0.25) is 15.0 Å². The first-order valence-corrected chi connectivity index (χ1v) is 8.92. The van der Waals surface area contributed by atoms with Gasteiger partial charge in [0.1, 0.15) is 17.0 Å². The van der Waals surface area contributed by atoms with Crippen LogP contribution >= 0.6 is 0 Å². The third-order valence-electron chi connectivity index (χ3n) is 4.93. The van der Waals surface area contributed by atoms with E-state index in [9.17, 15) is 4.79 Å². The van der Waals surface area contributed by atoms with E-state index < -0.39 is 0 Å². The van der Waals surface area contributed by atoms with E-state index in [4.69, 9.17) is 11.1 Å². The van der Waals surface area contributed by atoms with Crippen LogP contribution in [0.3, 0.4) is 0 Å².